The van der Waals surface area contributed by atoms with Gasteiger partial charge in [-0.1, -0.05) is 12.1 Å². The van der Waals surface area contributed by atoms with Crippen LogP contribution in [0.2, 0.25) is 0 Å². The number of benzene rings is 2. The molecule has 1 aliphatic heterocycles. The first-order valence-corrected chi connectivity index (χ1v) is 10.7. The summed E-state index contributed by atoms with van der Waals surface area (Å²) in [6, 6.07) is 9.86. The third-order valence-corrected chi connectivity index (χ3v) is 6.61. The van der Waals surface area contributed by atoms with Crippen molar-refractivity contribution in [2.45, 2.75) is 11.4 Å². The van der Waals surface area contributed by atoms with E-state index in [-0.39, 0.29) is 18.7 Å². The van der Waals surface area contributed by atoms with Crippen molar-refractivity contribution in [2.24, 2.45) is 0 Å². The van der Waals surface area contributed by atoms with Gasteiger partial charge in [-0.05, 0) is 24.3 Å². The molecule has 30 heavy (non-hydrogen) atoms. The quantitative estimate of drug-likeness (QED) is 0.610. The van der Waals surface area contributed by atoms with Crippen molar-refractivity contribution in [1.82, 2.24) is 9.29 Å². The summed E-state index contributed by atoms with van der Waals surface area (Å²) in [6.45, 7) is -0.311. The lowest BCUT2D eigenvalue weighted by atomic mass is 10.1. The van der Waals surface area contributed by atoms with Crippen molar-refractivity contribution < 1.29 is 27.4 Å². The summed E-state index contributed by atoms with van der Waals surface area (Å²) >= 11 is 0. The van der Waals surface area contributed by atoms with Gasteiger partial charge in [0.15, 0.2) is 11.5 Å². The molecule has 2 N–H and O–H groups in total. The lowest BCUT2D eigenvalue weighted by Gasteiger charge is -2.22. The highest BCUT2D eigenvalue weighted by molar-refractivity contribution is 7.89. The Bertz CT molecular complexity index is 1260. The molecule has 0 saturated heterocycles. The molecule has 0 bridgehead atoms. The minimum atomic E-state index is -4.28. The fourth-order valence-corrected chi connectivity index (χ4v) is 4.76. The van der Waals surface area contributed by atoms with Crippen LogP contribution in [0.3, 0.4) is 0 Å². The highest BCUT2D eigenvalue weighted by atomic mass is 32.2. The van der Waals surface area contributed by atoms with Gasteiger partial charge in [-0.25, -0.2) is 12.8 Å². The van der Waals surface area contributed by atoms with E-state index >= 15 is 0 Å². The largest absolute Gasteiger partial charge is 0.486 e. The summed E-state index contributed by atoms with van der Waals surface area (Å²) in [5.74, 6) is 0.135. The molecule has 2 heterocycles. The van der Waals surface area contributed by atoms with Crippen molar-refractivity contribution in [3.8, 4) is 11.5 Å². The van der Waals surface area contributed by atoms with Crippen LogP contribution in [-0.4, -0.2) is 49.2 Å². The Labute approximate surface area is 171 Å². The van der Waals surface area contributed by atoms with Crippen molar-refractivity contribution in [3.05, 3.63) is 64.2 Å². The molecule has 0 atom stereocenters. The van der Waals surface area contributed by atoms with E-state index in [0.29, 0.717) is 35.6 Å². The Kier molecular flexibility index (Phi) is 5.46. The summed E-state index contributed by atoms with van der Waals surface area (Å²) in [5.41, 5.74) is 0.164. The van der Waals surface area contributed by atoms with Crippen LogP contribution in [0.25, 0.3) is 10.9 Å². The topological polar surface area (TPSA) is 109 Å². The number of nitrogens with one attached hydrogen (secondary N) is 1. The first-order valence-electron chi connectivity index (χ1n) is 9.21. The summed E-state index contributed by atoms with van der Waals surface area (Å²) in [6.07, 6.45) is 0. The summed E-state index contributed by atoms with van der Waals surface area (Å²) in [5, 5.41) is 9.98. The molecule has 8 nitrogen and oxygen atoms in total. The molecule has 158 valence electrons. The van der Waals surface area contributed by atoms with E-state index in [1.54, 1.807) is 18.2 Å². The fourth-order valence-electron chi connectivity index (χ4n) is 3.28. The van der Waals surface area contributed by atoms with E-state index in [0.717, 1.165) is 16.4 Å². The first kappa shape index (κ1) is 20.3. The van der Waals surface area contributed by atoms with Gasteiger partial charge in [0.05, 0.1) is 12.1 Å². The zero-order chi connectivity index (χ0) is 21.3. The molecule has 0 amide bonds. The van der Waals surface area contributed by atoms with E-state index < -0.39 is 32.9 Å². The van der Waals surface area contributed by atoms with Crippen LogP contribution in [0.1, 0.15) is 5.56 Å². The number of rotatable bonds is 6. The molecule has 1 aliphatic rings. The molecular formula is C20H19FN2O6S. The molecule has 1 aromatic heterocycles. The smallest absolute Gasteiger partial charge is 0.252 e. The maximum atomic E-state index is 14.1. The van der Waals surface area contributed by atoms with Gasteiger partial charge in [0.1, 0.15) is 23.9 Å². The number of nitrogens with zero attached hydrogens (tertiary/aromatic N) is 1. The lowest BCUT2D eigenvalue weighted by molar-refractivity contribution is 0.172. The lowest BCUT2D eigenvalue weighted by Crippen LogP contribution is -2.35. The average molecular weight is 434 g/mol. The Morgan fingerprint density at radius 1 is 1.10 bits per heavy atom. The Morgan fingerprint density at radius 3 is 2.50 bits per heavy atom. The summed E-state index contributed by atoms with van der Waals surface area (Å²) < 4.78 is 51.9. The van der Waals surface area contributed by atoms with E-state index in [1.165, 1.54) is 12.1 Å². The molecule has 4 rings (SSSR count). The van der Waals surface area contributed by atoms with Crippen LogP contribution in [0.5, 0.6) is 11.5 Å². The number of halogens is 1. The van der Waals surface area contributed by atoms with Crippen LogP contribution in [0.15, 0.2) is 52.2 Å². The first-order chi connectivity index (χ1) is 14.4. The van der Waals surface area contributed by atoms with Gasteiger partial charge >= 0.3 is 0 Å². The monoisotopic (exact) mass is 434 g/mol. The van der Waals surface area contributed by atoms with E-state index in [9.17, 15) is 22.7 Å². The molecule has 0 saturated carbocycles. The number of aromatic nitrogens is 1. The van der Waals surface area contributed by atoms with Crippen molar-refractivity contribution in [2.75, 3.05) is 26.4 Å². The van der Waals surface area contributed by atoms with Crippen molar-refractivity contribution in [1.29, 1.82) is 0 Å². The molecule has 0 aliphatic carbocycles. The molecular weight excluding hydrogens is 415 g/mol. The van der Waals surface area contributed by atoms with Crippen LogP contribution in [-0.2, 0) is 16.6 Å². The molecule has 10 heteroatoms. The van der Waals surface area contributed by atoms with Gasteiger partial charge < -0.3 is 19.6 Å². The summed E-state index contributed by atoms with van der Waals surface area (Å²) in [4.78, 5) is 14.8. The van der Waals surface area contributed by atoms with Crippen LogP contribution < -0.4 is 15.0 Å². The van der Waals surface area contributed by atoms with Gasteiger partial charge in [0, 0.05) is 30.1 Å². The average Bonchev–Trinajstić information content (AvgIpc) is 2.72. The van der Waals surface area contributed by atoms with Crippen molar-refractivity contribution >= 4 is 20.9 Å². The Morgan fingerprint density at radius 2 is 1.80 bits per heavy atom. The van der Waals surface area contributed by atoms with E-state index in [4.69, 9.17) is 9.47 Å². The number of aromatic amines is 1. The molecule has 3 aromatic rings. The normalized spacial score (nSPS) is 13.7. The van der Waals surface area contributed by atoms with Gasteiger partial charge in [-0.15, -0.1) is 0 Å². The second-order valence-electron chi connectivity index (χ2n) is 6.70. The second kappa shape index (κ2) is 8.05. The minimum Gasteiger partial charge on any atom is -0.486 e. The fraction of sp³-hybridized carbons (Fsp3) is 0.250. The predicted octanol–water partition coefficient (Wildman–Crippen LogP) is 1.62. The second-order valence-corrected chi connectivity index (χ2v) is 8.61. The third-order valence-electron chi connectivity index (χ3n) is 4.73. The van der Waals surface area contributed by atoms with Gasteiger partial charge in [0.2, 0.25) is 10.0 Å². The highest BCUT2D eigenvalue weighted by Gasteiger charge is 2.28. The molecule has 0 fully saturated rings. The molecule has 0 unspecified atom stereocenters. The number of aliphatic hydroxyl groups excluding tert-OH is 1. The van der Waals surface area contributed by atoms with Crippen LogP contribution >= 0.6 is 0 Å². The number of pyridine rings is 1. The number of sulfonamides is 1. The zero-order valence-electron chi connectivity index (χ0n) is 15.8. The standard InChI is InChI=1S/C20H19FN2O6S/c21-15-3-1-2-4-19(15)30(26,27)23(5-6-24)12-14-9-13-10-17-18(29-8-7-28-17)11-16(13)22-20(14)25/h1-4,9-11,24H,5-8,12H2,(H,22,25). The maximum absolute atomic E-state index is 14.1. The number of hydrogen-bond donors (Lipinski definition) is 2. The SMILES string of the molecule is O=c1[nH]c2cc3c(cc2cc1CN(CCO)S(=O)(=O)c1ccccc1F)OCCO3. The Balaban J connectivity index is 1.74. The number of fused-ring (bicyclic) bond motifs is 2. The zero-order valence-corrected chi connectivity index (χ0v) is 16.6. The highest BCUT2D eigenvalue weighted by Crippen LogP contribution is 2.33. The predicted molar refractivity (Wildman–Crippen MR) is 107 cm³/mol. The molecule has 0 spiro atoms. The van der Waals surface area contributed by atoms with Gasteiger partial charge in [-0.2, -0.15) is 4.31 Å². The summed E-state index contributed by atoms with van der Waals surface area (Å²) in [7, 11) is -4.28. The van der Waals surface area contributed by atoms with Gasteiger partial charge in [-0.3, -0.25) is 4.79 Å². The van der Waals surface area contributed by atoms with E-state index in [2.05, 4.69) is 4.98 Å². The Hall–Kier alpha value is -2.95. The molecule has 0 radical (unpaired) electrons. The number of ether oxygens (including phenoxy) is 2. The van der Waals surface area contributed by atoms with Crippen LogP contribution in [0.4, 0.5) is 4.39 Å². The van der Waals surface area contributed by atoms with E-state index in [1.807, 2.05) is 0 Å². The van der Waals surface area contributed by atoms with Crippen LogP contribution in [0, 0.1) is 5.82 Å². The number of aliphatic hydroxyl groups is 1. The minimum absolute atomic E-state index is 0.146. The van der Waals surface area contributed by atoms with Crippen molar-refractivity contribution in [3.63, 3.8) is 0 Å². The third kappa shape index (κ3) is 3.76. The number of H-pyrrole nitrogens is 1. The van der Waals surface area contributed by atoms with Gasteiger partial charge in [0.25, 0.3) is 5.56 Å². The maximum Gasteiger partial charge on any atom is 0.252 e. The molecule has 2 aromatic carbocycles. The number of hydrogen-bond acceptors (Lipinski definition) is 6.